The van der Waals surface area contributed by atoms with Crippen LogP contribution in [0.15, 0.2) is 12.1 Å². The summed E-state index contributed by atoms with van der Waals surface area (Å²) in [7, 11) is 1.54. The molecule has 1 unspecified atom stereocenters. The monoisotopic (exact) mass is 249 g/mol. The average molecular weight is 249 g/mol. The van der Waals surface area contributed by atoms with Crippen LogP contribution in [-0.2, 0) is 16.0 Å². The lowest BCUT2D eigenvalue weighted by Crippen LogP contribution is -2.41. The van der Waals surface area contributed by atoms with Crippen LogP contribution in [0, 0.1) is 6.92 Å². The van der Waals surface area contributed by atoms with Gasteiger partial charge in [-0.25, -0.2) is 4.79 Å². The van der Waals surface area contributed by atoms with E-state index in [0.717, 1.165) is 11.1 Å². The number of fused-ring (bicyclic) bond motifs is 1. The number of nitrogens with zero attached hydrogens (tertiary/aromatic N) is 1. The number of rotatable bonds is 2. The second-order valence-electron chi connectivity index (χ2n) is 4.36. The van der Waals surface area contributed by atoms with E-state index in [1.165, 1.54) is 18.9 Å². The van der Waals surface area contributed by atoms with E-state index in [4.69, 9.17) is 4.74 Å². The molecule has 0 aliphatic carbocycles. The normalized spacial score (nSPS) is 17.5. The highest BCUT2D eigenvalue weighted by Crippen LogP contribution is 2.40. The standard InChI is InChI=1S/C13H15NO4/c1-7-4-5-11(18-3)9-6-10(13(16)17)14(8(2)15)12(7)9/h4-5,10H,6H2,1-3H3,(H,16,17). The average Bonchev–Trinajstić information content (AvgIpc) is 2.71. The maximum Gasteiger partial charge on any atom is 0.327 e. The highest BCUT2D eigenvalue weighted by molar-refractivity contribution is 6.02. The van der Waals surface area contributed by atoms with Gasteiger partial charge in [-0.1, -0.05) is 6.07 Å². The molecular weight excluding hydrogens is 234 g/mol. The minimum atomic E-state index is -0.997. The molecule has 1 heterocycles. The fourth-order valence-corrected chi connectivity index (χ4v) is 2.47. The lowest BCUT2D eigenvalue weighted by Gasteiger charge is -2.22. The number of amides is 1. The van der Waals surface area contributed by atoms with E-state index in [9.17, 15) is 14.7 Å². The van der Waals surface area contributed by atoms with Crippen molar-refractivity contribution in [1.82, 2.24) is 0 Å². The van der Waals surface area contributed by atoms with Gasteiger partial charge in [0.05, 0.1) is 12.8 Å². The first-order valence-corrected chi connectivity index (χ1v) is 5.66. The molecule has 1 N–H and O–H groups in total. The SMILES string of the molecule is COc1ccc(C)c2c1CC(C(=O)O)N2C(C)=O. The second-order valence-corrected chi connectivity index (χ2v) is 4.36. The Morgan fingerprint density at radius 2 is 2.11 bits per heavy atom. The van der Waals surface area contributed by atoms with Crippen molar-refractivity contribution in [3.63, 3.8) is 0 Å². The molecule has 1 aliphatic rings. The highest BCUT2D eigenvalue weighted by Gasteiger charge is 2.39. The van der Waals surface area contributed by atoms with Gasteiger partial charge >= 0.3 is 5.97 Å². The van der Waals surface area contributed by atoms with Gasteiger partial charge < -0.3 is 9.84 Å². The van der Waals surface area contributed by atoms with Crippen LogP contribution >= 0.6 is 0 Å². The van der Waals surface area contributed by atoms with E-state index in [1.54, 1.807) is 6.07 Å². The molecule has 5 heteroatoms. The van der Waals surface area contributed by atoms with Gasteiger partial charge in [-0.3, -0.25) is 9.69 Å². The quantitative estimate of drug-likeness (QED) is 0.859. The third kappa shape index (κ3) is 1.72. The zero-order valence-electron chi connectivity index (χ0n) is 10.6. The van der Waals surface area contributed by atoms with Gasteiger partial charge in [0, 0.05) is 18.9 Å². The van der Waals surface area contributed by atoms with Crippen molar-refractivity contribution in [3.8, 4) is 5.75 Å². The smallest absolute Gasteiger partial charge is 0.327 e. The predicted molar refractivity (Wildman–Crippen MR) is 66.0 cm³/mol. The number of aliphatic carboxylic acids is 1. The van der Waals surface area contributed by atoms with Gasteiger partial charge in [0.15, 0.2) is 0 Å². The van der Waals surface area contributed by atoms with Crippen LogP contribution in [0.25, 0.3) is 0 Å². The van der Waals surface area contributed by atoms with Gasteiger partial charge in [0.2, 0.25) is 5.91 Å². The number of aryl methyl sites for hydroxylation is 1. The van der Waals surface area contributed by atoms with Crippen molar-refractivity contribution in [2.24, 2.45) is 0 Å². The van der Waals surface area contributed by atoms with E-state index in [1.807, 2.05) is 13.0 Å². The molecule has 1 atom stereocenters. The number of carboxylic acids is 1. The van der Waals surface area contributed by atoms with Gasteiger partial charge in [0.25, 0.3) is 0 Å². The Labute approximate surface area is 105 Å². The van der Waals surface area contributed by atoms with Crippen molar-refractivity contribution in [1.29, 1.82) is 0 Å². The Kier molecular flexibility index (Phi) is 2.98. The van der Waals surface area contributed by atoms with E-state index in [0.29, 0.717) is 11.4 Å². The zero-order chi connectivity index (χ0) is 13.4. The molecule has 96 valence electrons. The van der Waals surface area contributed by atoms with Gasteiger partial charge in [-0.05, 0) is 18.6 Å². The number of hydrogen-bond donors (Lipinski definition) is 1. The van der Waals surface area contributed by atoms with Crippen LogP contribution in [0.1, 0.15) is 18.1 Å². The molecule has 0 radical (unpaired) electrons. The summed E-state index contributed by atoms with van der Waals surface area (Å²) in [5.74, 6) is -0.633. The Morgan fingerprint density at radius 1 is 1.44 bits per heavy atom. The van der Waals surface area contributed by atoms with Crippen LogP contribution in [-0.4, -0.2) is 30.1 Å². The number of ether oxygens (including phenoxy) is 1. The first-order chi connectivity index (χ1) is 8.47. The van der Waals surface area contributed by atoms with Crippen molar-refractivity contribution in [2.45, 2.75) is 26.3 Å². The summed E-state index contributed by atoms with van der Waals surface area (Å²) in [6.45, 7) is 3.24. The van der Waals surface area contributed by atoms with E-state index in [2.05, 4.69) is 0 Å². The topological polar surface area (TPSA) is 66.8 Å². The maximum atomic E-state index is 11.7. The summed E-state index contributed by atoms with van der Waals surface area (Å²) in [6, 6.07) is 2.79. The number of anilines is 1. The molecule has 0 saturated carbocycles. The van der Waals surface area contributed by atoms with Crippen molar-refractivity contribution < 1.29 is 19.4 Å². The van der Waals surface area contributed by atoms with Crippen molar-refractivity contribution in [2.75, 3.05) is 12.0 Å². The van der Waals surface area contributed by atoms with Crippen LogP contribution in [0.5, 0.6) is 5.75 Å². The molecule has 1 amide bonds. The number of benzene rings is 1. The number of carbonyl (C=O) groups excluding carboxylic acids is 1. The molecule has 1 aromatic carbocycles. The minimum absolute atomic E-state index is 0.266. The molecule has 0 bridgehead atoms. The first-order valence-electron chi connectivity index (χ1n) is 5.66. The maximum absolute atomic E-state index is 11.7. The largest absolute Gasteiger partial charge is 0.496 e. The molecule has 0 fully saturated rings. The molecule has 5 nitrogen and oxygen atoms in total. The Balaban J connectivity index is 2.62. The van der Waals surface area contributed by atoms with E-state index < -0.39 is 12.0 Å². The van der Waals surface area contributed by atoms with E-state index >= 15 is 0 Å². The zero-order valence-corrected chi connectivity index (χ0v) is 10.6. The van der Waals surface area contributed by atoms with Gasteiger partial charge in [-0.15, -0.1) is 0 Å². The number of carboxylic acid groups (broad SMARTS) is 1. The molecule has 0 saturated heterocycles. The van der Waals surface area contributed by atoms with Crippen LogP contribution in [0.3, 0.4) is 0 Å². The highest BCUT2D eigenvalue weighted by atomic mass is 16.5. The minimum Gasteiger partial charge on any atom is -0.496 e. The summed E-state index contributed by atoms with van der Waals surface area (Å²) in [4.78, 5) is 24.3. The van der Waals surface area contributed by atoms with E-state index in [-0.39, 0.29) is 12.3 Å². The third-order valence-electron chi connectivity index (χ3n) is 3.24. The lowest BCUT2D eigenvalue weighted by atomic mass is 10.1. The van der Waals surface area contributed by atoms with Crippen LogP contribution < -0.4 is 9.64 Å². The van der Waals surface area contributed by atoms with Gasteiger partial charge in [0.1, 0.15) is 11.8 Å². The number of carbonyl (C=O) groups is 2. The molecule has 2 rings (SSSR count). The van der Waals surface area contributed by atoms with Crippen molar-refractivity contribution in [3.05, 3.63) is 23.3 Å². The fraction of sp³-hybridized carbons (Fsp3) is 0.385. The Bertz CT molecular complexity index is 524. The Hall–Kier alpha value is -2.04. The molecule has 1 aliphatic heterocycles. The van der Waals surface area contributed by atoms with Crippen molar-refractivity contribution >= 4 is 17.6 Å². The summed E-state index contributed by atoms with van der Waals surface area (Å²) >= 11 is 0. The summed E-state index contributed by atoms with van der Waals surface area (Å²) in [6.07, 6.45) is 0.287. The molecule has 18 heavy (non-hydrogen) atoms. The van der Waals surface area contributed by atoms with Gasteiger partial charge in [-0.2, -0.15) is 0 Å². The summed E-state index contributed by atoms with van der Waals surface area (Å²) in [5, 5.41) is 9.22. The second kappa shape index (κ2) is 4.33. The summed E-state index contributed by atoms with van der Waals surface area (Å²) < 4.78 is 5.24. The number of methoxy groups -OCH3 is 1. The number of hydrogen-bond acceptors (Lipinski definition) is 3. The Morgan fingerprint density at radius 3 is 2.61 bits per heavy atom. The fourth-order valence-electron chi connectivity index (χ4n) is 2.47. The summed E-state index contributed by atoms with van der Waals surface area (Å²) in [5.41, 5.74) is 2.35. The van der Waals surface area contributed by atoms with Crippen LogP contribution in [0.2, 0.25) is 0 Å². The molecule has 0 spiro atoms. The third-order valence-corrected chi connectivity index (χ3v) is 3.24. The predicted octanol–water partition coefficient (Wildman–Crippen LogP) is 1.37. The first kappa shape index (κ1) is 12.4. The lowest BCUT2D eigenvalue weighted by molar-refractivity contribution is -0.139. The molecular formula is C13H15NO4. The molecule has 0 aromatic heterocycles. The molecule has 1 aromatic rings. The van der Waals surface area contributed by atoms with Crippen LogP contribution in [0.4, 0.5) is 5.69 Å².